The van der Waals surface area contributed by atoms with Gasteiger partial charge in [0, 0.05) is 32.2 Å². The number of hydrogen-bond donors (Lipinski definition) is 1. The van der Waals surface area contributed by atoms with E-state index in [-0.39, 0.29) is 18.1 Å². The number of piperidine rings is 1. The van der Waals surface area contributed by atoms with Gasteiger partial charge in [0.2, 0.25) is 5.91 Å². The van der Waals surface area contributed by atoms with Gasteiger partial charge in [0.1, 0.15) is 0 Å². The Morgan fingerprint density at radius 2 is 2.05 bits per heavy atom. The summed E-state index contributed by atoms with van der Waals surface area (Å²) in [7, 11) is 0. The first kappa shape index (κ1) is 14.8. The van der Waals surface area contributed by atoms with Crippen LogP contribution in [0.15, 0.2) is 0 Å². The highest BCUT2D eigenvalue weighted by Gasteiger charge is 2.27. The van der Waals surface area contributed by atoms with Crippen molar-refractivity contribution in [1.82, 2.24) is 9.80 Å². The molecule has 2 aliphatic heterocycles. The van der Waals surface area contributed by atoms with Gasteiger partial charge in [-0.05, 0) is 25.7 Å². The number of nitrogens with two attached hydrogens (primary N) is 1. The van der Waals surface area contributed by atoms with Crippen LogP contribution < -0.4 is 5.73 Å². The molecule has 5 nitrogen and oxygen atoms in total. The Bertz CT molecular complexity index is 301. The number of ether oxygens (including phenoxy) is 1. The molecule has 0 saturated carbocycles. The van der Waals surface area contributed by atoms with Gasteiger partial charge in [0.15, 0.2) is 0 Å². The monoisotopic (exact) mass is 269 g/mol. The number of carbonyl (C=O) groups excluding carboxylic acids is 1. The Labute approximate surface area is 116 Å². The van der Waals surface area contributed by atoms with Gasteiger partial charge in [0.25, 0.3) is 0 Å². The third-order valence-electron chi connectivity index (χ3n) is 4.26. The number of likely N-dealkylation sites (tertiary alicyclic amines) is 1. The summed E-state index contributed by atoms with van der Waals surface area (Å²) in [6, 6.07) is 0.0220. The lowest BCUT2D eigenvalue weighted by molar-refractivity contribution is -0.135. The first-order valence-corrected chi connectivity index (χ1v) is 7.43. The summed E-state index contributed by atoms with van der Waals surface area (Å²) < 4.78 is 5.62. The standard InChI is InChI=1S/C14H27N3O2/c1-11-3-5-17(6-4-11)14(18)10-16-7-8-19-13(9-16)12(2)15/h11-13H,3-10,15H2,1-2H3. The zero-order valence-corrected chi connectivity index (χ0v) is 12.2. The van der Waals surface area contributed by atoms with Crippen molar-refractivity contribution in [1.29, 1.82) is 0 Å². The summed E-state index contributed by atoms with van der Waals surface area (Å²) in [5.74, 6) is 1.02. The smallest absolute Gasteiger partial charge is 0.236 e. The van der Waals surface area contributed by atoms with Crippen LogP contribution in [0.5, 0.6) is 0 Å². The largest absolute Gasteiger partial charge is 0.374 e. The van der Waals surface area contributed by atoms with Crippen LogP contribution in [0.25, 0.3) is 0 Å². The Morgan fingerprint density at radius 3 is 2.68 bits per heavy atom. The van der Waals surface area contributed by atoms with Crippen molar-refractivity contribution in [2.75, 3.05) is 39.3 Å². The van der Waals surface area contributed by atoms with E-state index in [0.29, 0.717) is 13.2 Å². The van der Waals surface area contributed by atoms with Crippen LogP contribution in [0, 0.1) is 5.92 Å². The van der Waals surface area contributed by atoms with Crippen molar-refractivity contribution in [2.24, 2.45) is 11.7 Å². The molecule has 2 atom stereocenters. The molecule has 2 unspecified atom stereocenters. The molecule has 2 aliphatic rings. The topological polar surface area (TPSA) is 58.8 Å². The second-order valence-corrected chi connectivity index (χ2v) is 6.07. The van der Waals surface area contributed by atoms with E-state index >= 15 is 0 Å². The van der Waals surface area contributed by atoms with E-state index in [4.69, 9.17) is 10.5 Å². The van der Waals surface area contributed by atoms with Crippen molar-refractivity contribution < 1.29 is 9.53 Å². The van der Waals surface area contributed by atoms with E-state index in [0.717, 1.165) is 44.9 Å². The van der Waals surface area contributed by atoms with Gasteiger partial charge in [-0.1, -0.05) is 6.92 Å². The maximum Gasteiger partial charge on any atom is 0.236 e. The molecule has 0 aliphatic carbocycles. The zero-order valence-electron chi connectivity index (χ0n) is 12.2. The number of nitrogens with zero attached hydrogens (tertiary/aromatic N) is 2. The number of rotatable bonds is 3. The van der Waals surface area contributed by atoms with Gasteiger partial charge in [-0.25, -0.2) is 0 Å². The Balaban J connectivity index is 1.78. The molecule has 110 valence electrons. The molecular weight excluding hydrogens is 242 g/mol. The van der Waals surface area contributed by atoms with Gasteiger partial charge in [-0.15, -0.1) is 0 Å². The zero-order chi connectivity index (χ0) is 13.8. The molecule has 19 heavy (non-hydrogen) atoms. The van der Waals surface area contributed by atoms with Crippen molar-refractivity contribution >= 4 is 5.91 Å². The second-order valence-electron chi connectivity index (χ2n) is 6.07. The summed E-state index contributed by atoms with van der Waals surface area (Å²) in [5.41, 5.74) is 5.87. The van der Waals surface area contributed by atoms with E-state index in [1.807, 2.05) is 11.8 Å². The molecule has 0 aromatic rings. The van der Waals surface area contributed by atoms with E-state index in [2.05, 4.69) is 11.8 Å². The van der Waals surface area contributed by atoms with Crippen LogP contribution in [0.1, 0.15) is 26.7 Å². The molecule has 5 heteroatoms. The highest BCUT2D eigenvalue weighted by molar-refractivity contribution is 5.78. The van der Waals surface area contributed by atoms with Crippen LogP contribution in [0.2, 0.25) is 0 Å². The molecule has 0 bridgehead atoms. The number of amides is 1. The Hall–Kier alpha value is -0.650. The lowest BCUT2D eigenvalue weighted by atomic mass is 9.99. The molecule has 0 aromatic heterocycles. The van der Waals surface area contributed by atoms with Crippen LogP contribution >= 0.6 is 0 Å². The predicted octanol–water partition coefficient (Wildman–Crippen LogP) is 0.293. The van der Waals surface area contributed by atoms with E-state index in [1.54, 1.807) is 0 Å². The molecule has 2 fully saturated rings. The van der Waals surface area contributed by atoms with Crippen LogP contribution in [0.3, 0.4) is 0 Å². The lowest BCUT2D eigenvalue weighted by Crippen LogP contribution is -2.52. The lowest BCUT2D eigenvalue weighted by Gasteiger charge is -2.36. The maximum atomic E-state index is 12.3. The summed E-state index contributed by atoms with van der Waals surface area (Å²) in [4.78, 5) is 16.5. The van der Waals surface area contributed by atoms with Crippen LogP contribution in [-0.2, 0) is 9.53 Å². The van der Waals surface area contributed by atoms with E-state index in [1.165, 1.54) is 0 Å². The minimum absolute atomic E-state index is 0.0220. The van der Waals surface area contributed by atoms with Crippen molar-refractivity contribution in [3.05, 3.63) is 0 Å². The summed E-state index contributed by atoms with van der Waals surface area (Å²) >= 11 is 0. The molecule has 2 heterocycles. The van der Waals surface area contributed by atoms with E-state index < -0.39 is 0 Å². The quantitative estimate of drug-likeness (QED) is 0.800. The fourth-order valence-corrected chi connectivity index (χ4v) is 2.74. The Kier molecular flexibility index (Phi) is 5.19. The maximum absolute atomic E-state index is 12.3. The molecule has 0 radical (unpaired) electrons. The molecule has 1 amide bonds. The molecule has 0 spiro atoms. The third-order valence-corrected chi connectivity index (χ3v) is 4.26. The third kappa shape index (κ3) is 4.16. The molecule has 0 aromatic carbocycles. The van der Waals surface area contributed by atoms with Gasteiger partial charge in [0.05, 0.1) is 19.3 Å². The molecule has 2 saturated heterocycles. The summed E-state index contributed by atoms with van der Waals surface area (Å²) in [6.07, 6.45) is 2.33. The SMILES string of the molecule is CC1CCN(C(=O)CN2CCOC(C(C)N)C2)CC1. The fraction of sp³-hybridized carbons (Fsp3) is 0.929. The second kappa shape index (κ2) is 6.68. The average Bonchev–Trinajstić information content (AvgIpc) is 2.39. The number of morpholine rings is 1. The summed E-state index contributed by atoms with van der Waals surface area (Å²) in [6.45, 7) is 8.85. The minimum atomic E-state index is 0.0220. The summed E-state index contributed by atoms with van der Waals surface area (Å²) in [5, 5.41) is 0. The average molecular weight is 269 g/mol. The molecular formula is C14H27N3O2. The molecule has 2 N–H and O–H groups in total. The highest BCUT2D eigenvalue weighted by Crippen LogP contribution is 2.16. The number of carbonyl (C=O) groups is 1. The van der Waals surface area contributed by atoms with E-state index in [9.17, 15) is 4.79 Å². The van der Waals surface area contributed by atoms with Crippen molar-refractivity contribution in [3.8, 4) is 0 Å². The Morgan fingerprint density at radius 1 is 1.37 bits per heavy atom. The van der Waals surface area contributed by atoms with Gasteiger partial charge < -0.3 is 15.4 Å². The van der Waals surface area contributed by atoms with Gasteiger partial charge in [-0.2, -0.15) is 0 Å². The first-order chi connectivity index (χ1) is 9.06. The van der Waals surface area contributed by atoms with Crippen molar-refractivity contribution in [2.45, 2.75) is 38.8 Å². The number of hydrogen-bond acceptors (Lipinski definition) is 4. The van der Waals surface area contributed by atoms with Crippen LogP contribution in [-0.4, -0.2) is 67.2 Å². The highest BCUT2D eigenvalue weighted by atomic mass is 16.5. The minimum Gasteiger partial charge on any atom is -0.374 e. The first-order valence-electron chi connectivity index (χ1n) is 7.43. The van der Waals surface area contributed by atoms with Crippen molar-refractivity contribution in [3.63, 3.8) is 0 Å². The normalized spacial score (nSPS) is 28.4. The fourth-order valence-electron chi connectivity index (χ4n) is 2.74. The van der Waals surface area contributed by atoms with Crippen LogP contribution in [0.4, 0.5) is 0 Å². The van der Waals surface area contributed by atoms with Gasteiger partial charge >= 0.3 is 0 Å². The predicted molar refractivity (Wildman–Crippen MR) is 74.8 cm³/mol. The van der Waals surface area contributed by atoms with Gasteiger partial charge in [-0.3, -0.25) is 9.69 Å². The molecule has 2 rings (SSSR count).